The summed E-state index contributed by atoms with van der Waals surface area (Å²) in [4.78, 5) is 25.5. The number of nitrogens with zero attached hydrogens (tertiary/aromatic N) is 1. The lowest BCUT2D eigenvalue weighted by Gasteiger charge is -2.23. The van der Waals surface area contributed by atoms with Crippen LogP contribution in [0.4, 0.5) is 0 Å². The highest BCUT2D eigenvalue weighted by atomic mass is 16.5. The molecule has 1 saturated carbocycles. The van der Waals surface area contributed by atoms with E-state index in [1.54, 1.807) is 4.90 Å². The van der Waals surface area contributed by atoms with Gasteiger partial charge in [0.25, 0.3) is 0 Å². The zero-order valence-electron chi connectivity index (χ0n) is 11.1. The maximum atomic E-state index is 12.4. The molecule has 0 aromatic heterocycles. The highest BCUT2D eigenvalue weighted by Gasteiger charge is 2.53. The molecule has 0 spiro atoms. The van der Waals surface area contributed by atoms with E-state index >= 15 is 0 Å². The number of carbonyl (C=O) groups excluding carboxylic acids is 2. The van der Waals surface area contributed by atoms with Crippen molar-refractivity contribution < 1.29 is 14.3 Å². The van der Waals surface area contributed by atoms with Gasteiger partial charge in [-0.3, -0.25) is 9.59 Å². The minimum absolute atomic E-state index is 0.145. The molecule has 2 amide bonds. The first-order valence-corrected chi connectivity index (χ1v) is 6.66. The van der Waals surface area contributed by atoms with Crippen LogP contribution in [0.25, 0.3) is 0 Å². The number of amides is 2. The Labute approximate surface area is 108 Å². The molecule has 0 radical (unpaired) electrons. The van der Waals surface area contributed by atoms with Crippen molar-refractivity contribution in [3.8, 4) is 0 Å². The van der Waals surface area contributed by atoms with E-state index in [1.165, 1.54) is 0 Å². The van der Waals surface area contributed by atoms with Crippen LogP contribution >= 0.6 is 0 Å². The van der Waals surface area contributed by atoms with Crippen LogP contribution in [-0.4, -0.2) is 43.0 Å². The summed E-state index contributed by atoms with van der Waals surface area (Å²) in [6.07, 6.45) is 1.80. The summed E-state index contributed by atoms with van der Waals surface area (Å²) in [5.41, 5.74) is 5.05. The highest BCUT2D eigenvalue weighted by molar-refractivity contribution is 5.87. The molecule has 2 atom stereocenters. The molecule has 18 heavy (non-hydrogen) atoms. The van der Waals surface area contributed by atoms with E-state index in [4.69, 9.17) is 10.5 Å². The van der Waals surface area contributed by atoms with Crippen molar-refractivity contribution in [3.63, 3.8) is 0 Å². The Morgan fingerprint density at radius 2 is 2.06 bits per heavy atom. The van der Waals surface area contributed by atoms with E-state index in [9.17, 15) is 9.59 Å². The average Bonchev–Trinajstić information content (AvgIpc) is 3.02. The predicted molar refractivity (Wildman–Crippen MR) is 66.6 cm³/mol. The fourth-order valence-corrected chi connectivity index (χ4v) is 2.71. The molecule has 2 fully saturated rings. The molecule has 2 N–H and O–H groups in total. The Balaban J connectivity index is 1.97. The van der Waals surface area contributed by atoms with Gasteiger partial charge in [0.15, 0.2) is 0 Å². The van der Waals surface area contributed by atoms with Crippen LogP contribution in [0.3, 0.4) is 0 Å². The molecule has 0 aromatic carbocycles. The maximum absolute atomic E-state index is 12.4. The lowest BCUT2D eigenvalue weighted by Crippen LogP contribution is -2.38. The third kappa shape index (κ3) is 2.36. The minimum Gasteiger partial charge on any atom is -0.381 e. The second kappa shape index (κ2) is 4.88. The SMILES string of the molecule is CCOCC1(C(=O)N2C[C@@H](C)[C@H](C(N)=O)C2)CC1. The highest BCUT2D eigenvalue weighted by Crippen LogP contribution is 2.48. The van der Waals surface area contributed by atoms with Crippen LogP contribution in [0, 0.1) is 17.3 Å². The van der Waals surface area contributed by atoms with Crippen molar-refractivity contribution in [3.05, 3.63) is 0 Å². The summed E-state index contributed by atoms with van der Waals surface area (Å²) in [5.74, 6) is -0.190. The van der Waals surface area contributed by atoms with Gasteiger partial charge in [-0.25, -0.2) is 0 Å². The number of primary amides is 1. The molecule has 1 aliphatic heterocycles. The summed E-state index contributed by atoms with van der Waals surface area (Å²) < 4.78 is 5.40. The van der Waals surface area contributed by atoms with Gasteiger partial charge in [0, 0.05) is 19.7 Å². The van der Waals surface area contributed by atoms with Crippen molar-refractivity contribution in [2.75, 3.05) is 26.3 Å². The quantitative estimate of drug-likeness (QED) is 0.771. The Bertz CT molecular complexity index is 352. The monoisotopic (exact) mass is 254 g/mol. The van der Waals surface area contributed by atoms with Gasteiger partial charge in [0.2, 0.25) is 11.8 Å². The van der Waals surface area contributed by atoms with Crippen molar-refractivity contribution in [2.45, 2.75) is 26.7 Å². The molecule has 0 unspecified atom stereocenters. The molecule has 1 heterocycles. The zero-order chi connectivity index (χ0) is 13.3. The fraction of sp³-hybridized carbons (Fsp3) is 0.846. The molecule has 102 valence electrons. The lowest BCUT2D eigenvalue weighted by atomic mass is 9.98. The lowest BCUT2D eigenvalue weighted by molar-refractivity contribution is -0.138. The van der Waals surface area contributed by atoms with Crippen LogP contribution in [0.15, 0.2) is 0 Å². The Morgan fingerprint density at radius 3 is 2.50 bits per heavy atom. The number of hydrogen-bond donors (Lipinski definition) is 1. The standard InChI is InChI=1S/C13H22N2O3/c1-3-18-8-13(4-5-13)12(17)15-6-9(2)10(7-15)11(14)16/h9-10H,3-8H2,1-2H3,(H2,14,16)/t9-,10-/m1/s1. The first-order chi connectivity index (χ1) is 8.50. The smallest absolute Gasteiger partial charge is 0.231 e. The summed E-state index contributed by atoms with van der Waals surface area (Å²) in [7, 11) is 0. The molecular formula is C13H22N2O3. The Hall–Kier alpha value is -1.10. The van der Waals surface area contributed by atoms with Crippen LogP contribution in [-0.2, 0) is 14.3 Å². The summed E-state index contributed by atoms with van der Waals surface area (Å²) >= 11 is 0. The number of likely N-dealkylation sites (tertiary alicyclic amines) is 1. The molecule has 2 aliphatic rings. The summed E-state index contributed by atoms with van der Waals surface area (Å²) in [6, 6.07) is 0. The molecular weight excluding hydrogens is 232 g/mol. The molecule has 5 heteroatoms. The minimum atomic E-state index is -0.303. The van der Waals surface area contributed by atoms with E-state index in [0.29, 0.717) is 26.3 Å². The van der Waals surface area contributed by atoms with Crippen LogP contribution in [0.1, 0.15) is 26.7 Å². The van der Waals surface area contributed by atoms with Gasteiger partial charge in [-0.05, 0) is 25.7 Å². The summed E-state index contributed by atoms with van der Waals surface area (Å²) in [5, 5.41) is 0. The number of ether oxygens (including phenoxy) is 1. The second-order valence-corrected chi connectivity index (χ2v) is 5.61. The topological polar surface area (TPSA) is 72.6 Å². The van der Waals surface area contributed by atoms with E-state index in [1.807, 2.05) is 13.8 Å². The number of carbonyl (C=O) groups is 2. The number of nitrogens with two attached hydrogens (primary N) is 1. The zero-order valence-corrected chi connectivity index (χ0v) is 11.1. The normalized spacial score (nSPS) is 29.3. The number of rotatable bonds is 5. The van der Waals surface area contributed by atoms with Crippen LogP contribution in [0.5, 0.6) is 0 Å². The third-order valence-corrected chi connectivity index (χ3v) is 4.15. The fourth-order valence-electron chi connectivity index (χ4n) is 2.71. The second-order valence-electron chi connectivity index (χ2n) is 5.61. The van der Waals surface area contributed by atoms with E-state index in [0.717, 1.165) is 12.8 Å². The van der Waals surface area contributed by atoms with Gasteiger partial charge in [-0.1, -0.05) is 6.92 Å². The molecule has 0 aromatic rings. The van der Waals surface area contributed by atoms with Crippen molar-refractivity contribution in [2.24, 2.45) is 23.0 Å². The van der Waals surface area contributed by atoms with Gasteiger partial charge < -0.3 is 15.4 Å². The van der Waals surface area contributed by atoms with Crippen LogP contribution in [0.2, 0.25) is 0 Å². The van der Waals surface area contributed by atoms with Gasteiger partial charge in [-0.15, -0.1) is 0 Å². The predicted octanol–water partition coefficient (Wildman–Crippen LogP) is 0.383. The van der Waals surface area contributed by atoms with Crippen LogP contribution < -0.4 is 5.73 Å². The molecule has 1 saturated heterocycles. The Kier molecular flexibility index (Phi) is 3.61. The molecule has 1 aliphatic carbocycles. The summed E-state index contributed by atoms with van der Waals surface area (Å²) in [6.45, 7) is 6.17. The molecule has 2 rings (SSSR count). The maximum Gasteiger partial charge on any atom is 0.231 e. The first kappa shape index (κ1) is 13.3. The van der Waals surface area contributed by atoms with Crippen molar-refractivity contribution in [1.82, 2.24) is 4.90 Å². The number of hydrogen-bond acceptors (Lipinski definition) is 3. The van der Waals surface area contributed by atoms with Gasteiger partial charge >= 0.3 is 0 Å². The van der Waals surface area contributed by atoms with E-state index in [2.05, 4.69) is 0 Å². The Morgan fingerprint density at radius 1 is 1.39 bits per heavy atom. The van der Waals surface area contributed by atoms with Gasteiger partial charge in [-0.2, -0.15) is 0 Å². The van der Waals surface area contributed by atoms with E-state index in [-0.39, 0.29) is 29.1 Å². The largest absolute Gasteiger partial charge is 0.381 e. The van der Waals surface area contributed by atoms with Gasteiger partial charge in [0.05, 0.1) is 17.9 Å². The third-order valence-electron chi connectivity index (χ3n) is 4.15. The van der Waals surface area contributed by atoms with E-state index < -0.39 is 0 Å². The van der Waals surface area contributed by atoms with Gasteiger partial charge in [0.1, 0.15) is 0 Å². The van der Waals surface area contributed by atoms with Crippen molar-refractivity contribution >= 4 is 11.8 Å². The first-order valence-electron chi connectivity index (χ1n) is 6.66. The van der Waals surface area contributed by atoms with Crippen molar-refractivity contribution in [1.29, 1.82) is 0 Å². The average molecular weight is 254 g/mol. The molecule has 0 bridgehead atoms. The molecule has 5 nitrogen and oxygen atoms in total.